The smallest absolute Gasteiger partial charge is 0.260 e. The van der Waals surface area contributed by atoms with Crippen molar-refractivity contribution in [2.24, 2.45) is 5.16 Å². The number of pyridine rings is 1. The summed E-state index contributed by atoms with van der Waals surface area (Å²) >= 11 is 6.15. The standard InChI is InChI=1S/C19H15ClN2O3/c1-3-21-25-11(2)17-18(12-4-7-14(23)8-5-12)15-10-13(20)6-9-16(15)22-19(17)24/h3-10,23H,2H2,1H3,(H,22,24)/b21-3+. The molecule has 0 unspecified atom stereocenters. The summed E-state index contributed by atoms with van der Waals surface area (Å²) < 4.78 is 0. The van der Waals surface area contributed by atoms with E-state index in [-0.39, 0.29) is 22.6 Å². The number of hydrogen-bond acceptors (Lipinski definition) is 4. The Morgan fingerprint density at radius 2 is 2.00 bits per heavy atom. The SMILES string of the molecule is C=C(O/N=C/C)c1c(-c2ccc(O)cc2)c2cc(Cl)ccc2[nH]c1=O. The van der Waals surface area contributed by atoms with Crippen molar-refractivity contribution in [3.05, 3.63) is 70.0 Å². The molecule has 1 aromatic heterocycles. The summed E-state index contributed by atoms with van der Waals surface area (Å²) in [6.07, 6.45) is 1.46. The molecule has 2 aromatic carbocycles. The number of nitrogens with zero attached hydrogens (tertiary/aromatic N) is 1. The number of H-pyrrole nitrogens is 1. The number of rotatable bonds is 4. The van der Waals surface area contributed by atoms with Crippen LogP contribution in [0.5, 0.6) is 5.75 Å². The minimum Gasteiger partial charge on any atom is -0.508 e. The van der Waals surface area contributed by atoms with Gasteiger partial charge in [0.15, 0.2) is 5.76 Å². The van der Waals surface area contributed by atoms with E-state index in [2.05, 4.69) is 16.7 Å². The second-order valence-electron chi connectivity index (χ2n) is 5.32. The molecule has 0 amide bonds. The van der Waals surface area contributed by atoms with Crippen LogP contribution in [0.1, 0.15) is 12.5 Å². The molecule has 3 aromatic rings. The van der Waals surface area contributed by atoms with Crippen LogP contribution >= 0.6 is 11.6 Å². The number of phenols is 1. The number of aromatic hydroxyl groups is 1. The Bertz CT molecular complexity index is 1040. The van der Waals surface area contributed by atoms with Crippen molar-refractivity contribution < 1.29 is 9.94 Å². The molecule has 0 radical (unpaired) electrons. The summed E-state index contributed by atoms with van der Waals surface area (Å²) in [6, 6.07) is 11.7. The lowest BCUT2D eigenvalue weighted by molar-refractivity contribution is 0.301. The largest absolute Gasteiger partial charge is 0.508 e. The summed E-state index contributed by atoms with van der Waals surface area (Å²) in [5.74, 6) is 0.243. The van der Waals surface area contributed by atoms with E-state index in [1.54, 1.807) is 49.4 Å². The van der Waals surface area contributed by atoms with Crippen LogP contribution in [0.2, 0.25) is 5.02 Å². The number of nitrogens with one attached hydrogen (secondary N) is 1. The Kier molecular flexibility index (Phi) is 4.59. The Labute approximate surface area is 148 Å². The summed E-state index contributed by atoms with van der Waals surface area (Å²) in [6.45, 7) is 5.51. The van der Waals surface area contributed by atoms with E-state index < -0.39 is 0 Å². The number of aromatic amines is 1. The van der Waals surface area contributed by atoms with E-state index in [0.717, 1.165) is 10.9 Å². The number of benzene rings is 2. The van der Waals surface area contributed by atoms with Gasteiger partial charge in [-0.1, -0.05) is 35.5 Å². The first kappa shape index (κ1) is 16.8. The van der Waals surface area contributed by atoms with Gasteiger partial charge in [0.25, 0.3) is 5.56 Å². The summed E-state index contributed by atoms with van der Waals surface area (Å²) in [7, 11) is 0. The van der Waals surface area contributed by atoms with Crippen LogP contribution in [-0.2, 0) is 4.84 Å². The maximum atomic E-state index is 12.7. The average Bonchev–Trinajstić information content (AvgIpc) is 2.60. The number of hydrogen-bond donors (Lipinski definition) is 2. The van der Waals surface area contributed by atoms with Gasteiger partial charge in [-0.05, 0) is 42.8 Å². The van der Waals surface area contributed by atoms with Crippen LogP contribution in [0.4, 0.5) is 0 Å². The zero-order chi connectivity index (χ0) is 18.0. The molecule has 0 aliphatic heterocycles. The van der Waals surface area contributed by atoms with Gasteiger partial charge in [0.2, 0.25) is 0 Å². The molecule has 0 saturated carbocycles. The highest BCUT2D eigenvalue weighted by atomic mass is 35.5. The van der Waals surface area contributed by atoms with Crippen molar-refractivity contribution in [1.29, 1.82) is 0 Å². The zero-order valence-corrected chi connectivity index (χ0v) is 14.2. The molecule has 0 aliphatic rings. The first-order chi connectivity index (χ1) is 12.0. The van der Waals surface area contributed by atoms with E-state index in [1.165, 1.54) is 6.21 Å². The third-order valence-electron chi connectivity index (χ3n) is 3.68. The molecule has 0 fully saturated rings. The normalized spacial score (nSPS) is 11.1. The molecule has 2 N–H and O–H groups in total. The van der Waals surface area contributed by atoms with Crippen LogP contribution < -0.4 is 5.56 Å². The zero-order valence-electron chi connectivity index (χ0n) is 13.4. The second-order valence-corrected chi connectivity index (χ2v) is 5.76. The van der Waals surface area contributed by atoms with Gasteiger partial charge in [-0.2, -0.15) is 0 Å². The van der Waals surface area contributed by atoms with Gasteiger partial charge in [0.1, 0.15) is 5.75 Å². The molecule has 5 nitrogen and oxygen atoms in total. The molecule has 25 heavy (non-hydrogen) atoms. The first-order valence-electron chi connectivity index (χ1n) is 7.50. The van der Waals surface area contributed by atoms with Crippen LogP contribution in [-0.4, -0.2) is 16.3 Å². The fraction of sp³-hybridized carbons (Fsp3) is 0.0526. The monoisotopic (exact) mass is 354 g/mol. The fourth-order valence-electron chi connectivity index (χ4n) is 2.62. The molecule has 0 bridgehead atoms. The lowest BCUT2D eigenvalue weighted by atomic mass is 9.95. The van der Waals surface area contributed by atoms with Crippen LogP contribution in [0.25, 0.3) is 27.8 Å². The molecule has 0 saturated heterocycles. The van der Waals surface area contributed by atoms with Gasteiger partial charge in [-0.15, -0.1) is 0 Å². The van der Waals surface area contributed by atoms with Crippen molar-refractivity contribution in [3.63, 3.8) is 0 Å². The fourth-order valence-corrected chi connectivity index (χ4v) is 2.79. The maximum absolute atomic E-state index is 12.7. The van der Waals surface area contributed by atoms with E-state index >= 15 is 0 Å². The Balaban J connectivity index is 2.38. The number of oxime groups is 1. The number of phenolic OH excluding ortho intramolecular Hbond substituents is 1. The highest BCUT2D eigenvalue weighted by Crippen LogP contribution is 2.34. The van der Waals surface area contributed by atoms with Crippen LogP contribution in [0.15, 0.2) is 59.0 Å². The molecule has 0 atom stereocenters. The number of aromatic nitrogens is 1. The van der Waals surface area contributed by atoms with Gasteiger partial charge >= 0.3 is 0 Å². The minimum atomic E-state index is -0.353. The van der Waals surface area contributed by atoms with Crippen molar-refractivity contribution >= 4 is 34.5 Å². The molecule has 0 spiro atoms. The molecule has 126 valence electrons. The quantitative estimate of drug-likeness (QED) is 0.410. The predicted octanol–water partition coefficient (Wildman–Crippen LogP) is 4.55. The molecule has 0 aliphatic carbocycles. The van der Waals surface area contributed by atoms with Gasteiger partial charge in [0.05, 0.1) is 5.56 Å². The lowest BCUT2D eigenvalue weighted by Gasteiger charge is -2.13. The molecular weight excluding hydrogens is 340 g/mol. The Hall–Kier alpha value is -3.05. The van der Waals surface area contributed by atoms with E-state index in [1.807, 2.05) is 0 Å². The Morgan fingerprint density at radius 3 is 2.68 bits per heavy atom. The number of fused-ring (bicyclic) bond motifs is 1. The minimum absolute atomic E-state index is 0.115. The lowest BCUT2D eigenvalue weighted by Crippen LogP contribution is -2.14. The maximum Gasteiger partial charge on any atom is 0.260 e. The van der Waals surface area contributed by atoms with E-state index in [4.69, 9.17) is 16.4 Å². The van der Waals surface area contributed by atoms with E-state index in [9.17, 15) is 9.90 Å². The van der Waals surface area contributed by atoms with Crippen LogP contribution in [0.3, 0.4) is 0 Å². The summed E-state index contributed by atoms with van der Waals surface area (Å²) in [5.41, 5.74) is 1.86. The van der Waals surface area contributed by atoms with Crippen LogP contribution in [0, 0.1) is 0 Å². The Morgan fingerprint density at radius 1 is 1.28 bits per heavy atom. The van der Waals surface area contributed by atoms with Crippen molar-refractivity contribution in [2.45, 2.75) is 6.92 Å². The third kappa shape index (κ3) is 3.27. The second kappa shape index (κ2) is 6.83. The van der Waals surface area contributed by atoms with E-state index in [0.29, 0.717) is 16.1 Å². The van der Waals surface area contributed by atoms with Gasteiger partial charge in [-0.3, -0.25) is 4.79 Å². The van der Waals surface area contributed by atoms with Crippen molar-refractivity contribution in [3.8, 4) is 16.9 Å². The van der Waals surface area contributed by atoms with Crippen molar-refractivity contribution in [1.82, 2.24) is 4.98 Å². The molecule has 6 heteroatoms. The van der Waals surface area contributed by atoms with Gasteiger partial charge in [-0.25, -0.2) is 0 Å². The first-order valence-corrected chi connectivity index (χ1v) is 7.88. The predicted molar refractivity (Wildman–Crippen MR) is 101 cm³/mol. The summed E-state index contributed by atoms with van der Waals surface area (Å²) in [5, 5.41) is 14.5. The number of halogens is 1. The molecule has 3 rings (SSSR count). The molecule has 1 heterocycles. The highest BCUT2D eigenvalue weighted by Gasteiger charge is 2.18. The van der Waals surface area contributed by atoms with Crippen molar-refractivity contribution in [2.75, 3.05) is 0 Å². The third-order valence-corrected chi connectivity index (χ3v) is 3.91. The summed E-state index contributed by atoms with van der Waals surface area (Å²) in [4.78, 5) is 20.7. The topological polar surface area (TPSA) is 74.7 Å². The molecular formula is C19H15ClN2O3. The highest BCUT2D eigenvalue weighted by molar-refractivity contribution is 6.31. The van der Waals surface area contributed by atoms with Gasteiger partial charge in [0, 0.05) is 27.7 Å². The van der Waals surface area contributed by atoms with Gasteiger partial charge < -0.3 is 14.9 Å². The average molecular weight is 355 g/mol.